The maximum Gasteiger partial charge on any atom is 0.515 e. The number of hydrogen-bond donors (Lipinski definition) is 2. The van der Waals surface area contributed by atoms with Gasteiger partial charge in [-0.3, -0.25) is 4.18 Å². The Hall–Kier alpha value is -1.28. The summed E-state index contributed by atoms with van der Waals surface area (Å²) in [7, 11) is -3.30. The van der Waals surface area contributed by atoms with Crippen molar-refractivity contribution in [1.82, 2.24) is 0 Å². The molecule has 1 aromatic rings. The summed E-state index contributed by atoms with van der Waals surface area (Å²) >= 11 is 0. The fraction of sp³-hybridized carbons (Fsp3) is 0.300. The molecule has 0 spiro atoms. The van der Waals surface area contributed by atoms with E-state index < -0.39 is 22.5 Å². The van der Waals surface area contributed by atoms with Gasteiger partial charge in [0.15, 0.2) is 0 Å². The van der Waals surface area contributed by atoms with Gasteiger partial charge in [0.1, 0.15) is 16.6 Å². The molecular weight excluding hydrogens is 248 g/mol. The highest BCUT2D eigenvalue weighted by atomic mass is 32.3. The van der Waals surface area contributed by atoms with Gasteiger partial charge in [-0.25, -0.2) is 4.79 Å². The summed E-state index contributed by atoms with van der Waals surface area (Å²) in [4.78, 5) is 11.3. The molecule has 2 rings (SSSR count). The minimum absolute atomic E-state index is 0.144. The van der Waals surface area contributed by atoms with E-state index in [0.717, 1.165) is 0 Å². The van der Waals surface area contributed by atoms with Crippen molar-refractivity contribution in [1.29, 1.82) is 0 Å². The van der Waals surface area contributed by atoms with Crippen LogP contribution in [-0.2, 0) is 8.92 Å². The normalized spacial score (nSPS) is 24.0. The summed E-state index contributed by atoms with van der Waals surface area (Å²) in [6, 6.07) is 8.36. The van der Waals surface area contributed by atoms with Crippen molar-refractivity contribution >= 4 is 17.0 Å². The average molecular weight is 260 g/mol. The standard InChI is InChI=1S/C10H12O6S/c11-10(15-8-4-2-1-3-5-8)16-9-6-7-14-17(9,12)13/h1-5,9,12-13H,6-7H2. The predicted molar refractivity (Wildman–Crippen MR) is 60.8 cm³/mol. The number of ether oxygens (including phenoxy) is 2. The molecule has 1 heterocycles. The van der Waals surface area contributed by atoms with Gasteiger partial charge in [0, 0.05) is 6.42 Å². The lowest BCUT2D eigenvalue weighted by atomic mass is 10.3. The molecule has 1 saturated heterocycles. The minimum Gasteiger partial charge on any atom is -0.414 e. The molecule has 1 fully saturated rings. The topological polar surface area (TPSA) is 85.2 Å². The first-order valence-corrected chi connectivity index (χ1v) is 6.46. The van der Waals surface area contributed by atoms with E-state index in [1.54, 1.807) is 30.3 Å². The van der Waals surface area contributed by atoms with Crippen LogP contribution in [0.1, 0.15) is 6.42 Å². The summed E-state index contributed by atoms with van der Waals surface area (Å²) < 4.78 is 33.0. The predicted octanol–water partition coefficient (Wildman–Crippen LogP) is 2.61. The van der Waals surface area contributed by atoms with Crippen molar-refractivity contribution in [3.63, 3.8) is 0 Å². The number of carbonyl (C=O) groups excluding carboxylic acids is 1. The molecule has 0 aromatic heterocycles. The third-order valence-corrected chi connectivity index (χ3v) is 3.66. The fourth-order valence-corrected chi connectivity index (χ4v) is 2.43. The number of rotatable bonds is 2. The van der Waals surface area contributed by atoms with Gasteiger partial charge in [0.05, 0.1) is 6.61 Å². The van der Waals surface area contributed by atoms with Gasteiger partial charge in [0.2, 0.25) is 5.44 Å². The second-order valence-electron chi connectivity index (χ2n) is 3.36. The number of carbonyl (C=O) groups is 1. The van der Waals surface area contributed by atoms with E-state index in [-0.39, 0.29) is 13.0 Å². The van der Waals surface area contributed by atoms with E-state index in [1.807, 2.05) is 0 Å². The molecular formula is C10H12O6S. The van der Waals surface area contributed by atoms with Crippen LogP contribution in [0.3, 0.4) is 0 Å². The number of hydrogen-bond acceptors (Lipinski definition) is 6. The van der Waals surface area contributed by atoms with Gasteiger partial charge in [-0.05, 0) is 12.1 Å². The van der Waals surface area contributed by atoms with Gasteiger partial charge >= 0.3 is 6.16 Å². The highest BCUT2D eigenvalue weighted by Gasteiger charge is 2.40. The minimum atomic E-state index is -3.30. The van der Waals surface area contributed by atoms with Crippen molar-refractivity contribution in [2.45, 2.75) is 11.9 Å². The van der Waals surface area contributed by atoms with Gasteiger partial charge in [-0.15, -0.1) is 0 Å². The van der Waals surface area contributed by atoms with Crippen LogP contribution in [0.2, 0.25) is 0 Å². The first-order valence-electron chi connectivity index (χ1n) is 4.93. The lowest BCUT2D eigenvalue weighted by molar-refractivity contribution is 0.0836. The number of benzene rings is 1. The molecule has 0 saturated carbocycles. The highest BCUT2D eigenvalue weighted by molar-refractivity contribution is 8.20. The monoisotopic (exact) mass is 260 g/mol. The van der Waals surface area contributed by atoms with Crippen LogP contribution >= 0.6 is 10.9 Å². The van der Waals surface area contributed by atoms with Crippen LogP contribution in [-0.4, -0.2) is 27.3 Å². The molecule has 17 heavy (non-hydrogen) atoms. The van der Waals surface area contributed by atoms with E-state index in [4.69, 9.17) is 9.47 Å². The Labute approximate surface area is 99.7 Å². The summed E-state index contributed by atoms with van der Waals surface area (Å²) in [5.41, 5.74) is -1.06. The van der Waals surface area contributed by atoms with Gasteiger partial charge in [-0.1, -0.05) is 18.2 Å². The van der Waals surface area contributed by atoms with Crippen molar-refractivity contribution < 1.29 is 27.6 Å². The van der Waals surface area contributed by atoms with Crippen molar-refractivity contribution in [2.75, 3.05) is 6.61 Å². The zero-order valence-electron chi connectivity index (χ0n) is 8.81. The third-order valence-electron chi connectivity index (χ3n) is 2.12. The summed E-state index contributed by atoms with van der Waals surface area (Å²) in [5, 5.41) is 0. The van der Waals surface area contributed by atoms with E-state index >= 15 is 0 Å². The van der Waals surface area contributed by atoms with Gasteiger partial charge in [0.25, 0.3) is 0 Å². The summed E-state index contributed by atoms with van der Waals surface area (Å²) in [6.45, 7) is 0.144. The van der Waals surface area contributed by atoms with Crippen molar-refractivity contribution in [3.8, 4) is 5.75 Å². The largest absolute Gasteiger partial charge is 0.515 e. The Morgan fingerprint density at radius 1 is 1.35 bits per heavy atom. The summed E-state index contributed by atoms with van der Waals surface area (Å²) in [6.07, 6.45) is -0.738. The molecule has 7 heteroatoms. The molecule has 1 aromatic carbocycles. The molecule has 0 amide bonds. The lowest BCUT2D eigenvalue weighted by Crippen LogP contribution is -2.22. The molecule has 1 aliphatic rings. The Bertz CT molecular complexity index is 393. The van der Waals surface area contributed by atoms with Crippen molar-refractivity contribution in [2.24, 2.45) is 0 Å². The van der Waals surface area contributed by atoms with Crippen molar-refractivity contribution in [3.05, 3.63) is 30.3 Å². The second-order valence-corrected chi connectivity index (χ2v) is 5.20. The van der Waals surface area contributed by atoms with E-state index in [2.05, 4.69) is 4.18 Å². The molecule has 94 valence electrons. The molecule has 0 bridgehead atoms. The first kappa shape index (κ1) is 12.2. The van der Waals surface area contributed by atoms with Gasteiger partial charge < -0.3 is 18.6 Å². The lowest BCUT2D eigenvalue weighted by Gasteiger charge is -2.25. The zero-order valence-corrected chi connectivity index (χ0v) is 9.63. The molecule has 1 unspecified atom stereocenters. The van der Waals surface area contributed by atoms with Crippen LogP contribution in [0.5, 0.6) is 5.75 Å². The molecule has 2 N–H and O–H groups in total. The average Bonchev–Trinajstić information content (AvgIpc) is 2.59. The second kappa shape index (κ2) is 4.92. The van der Waals surface area contributed by atoms with Crippen LogP contribution < -0.4 is 4.74 Å². The molecule has 1 atom stereocenters. The maximum atomic E-state index is 11.3. The Morgan fingerprint density at radius 2 is 2.06 bits per heavy atom. The van der Waals surface area contributed by atoms with Crippen LogP contribution in [0, 0.1) is 0 Å². The van der Waals surface area contributed by atoms with E-state index in [0.29, 0.717) is 5.75 Å². The Kier molecular flexibility index (Phi) is 3.53. The summed E-state index contributed by atoms with van der Waals surface area (Å²) in [5.74, 6) is 0.327. The van der Waals surface area contributed by atoms with E-state index in [9.17, 15) is 13.9 Å². The van der Waals surface area contributed by atoms with Crippen LogP contribution in [0.15, 0.2) is 30.3 Å². The fourth-order valence-electron chi connectivity index (χ4n) is 1.33. The van der Waals surface area contributed by atoms with Gasteiger partial charge in [-0.2, -0.15) is 0 Å². The van der Waals surface area contributed by atoms with Crippen LogP contribution in [0.25, 0.3) is 0 Å². The van der Waals surface area contributed by atoms with Crippen LogP contribution in [0.4, 0.5) is 4.79 Å². The van der Waals surface area contributed by atoms with E-state index in [1.165, 1.54) is 0 Å². The smallest absolute Gasteiger partial charge is 0.414 e. The zero-order chi connectivity index (χ0) is 12.3. The molecule has 0 aliphatic carbocycles. The SMILES string of the molecule is O=C(Oc1ccccc1)OC1CCOS1(O)O. The molecule has 6 nitrogen and oxygen atoms in total. The number of para-hydroxylation sites is 1. The first-order chi connectivity index (χ1) is 8.08. The molecule has 0 radical (unpaired) electrons. The highest BCUT2D eigenvalue weighted by Crippen LogP contribution is 2.52. The Balaban J connectivity index is 1.90. The third kappa shape index (κ3) is 3.10. The maximum absolute atomic E-state index is 11.3. The molecule has 1 aliphatic heterocycles. The Morgan fingerprint density at radius 3 is 2.65 bits per heavy atom. The quantitative estimate of drug-likeness (QED) is 0.628.